The van der Waals surface area contributed by atoms with Gasteiger partial charge in [-0.15, -0.1) is 0 Å². The number of aryl methyl sites for hydroxylation is 1. The van der Waals surface area contributed by atoms with Gasteiger partial charge in [-0.3, -0.25) is 4.98 Å². The second-order valence-electron chi connectivity index (χ2n) is 3.34. The van der Waals surface area contributed by atoms with E-state index >= 15 is 0 Å². The summed E-state index contributed by atoms with van der Waals surface area (Å²) >= 11 is 0. The highest BCUT2D eigenvalue weighted by Crippen LogP contribution is 2.15. The number of hydrogen-bond donors (Lipinski definition) is 1. The zero-order valence-electron chi connectivity index (χ0n) is 7.79. The standard InChI is InChI=1S/C10H14N2O/c1-8-10(3-2-5-11-8)12-9-4-6-13-7-9/h2-3,5,9,12H,4,6-7H2,1H3. The van der Waals surface area contributed by atoms with Crippen LogP contribution in [0.1, 0.15) is 12.1 Å². The Kier molecular flexibility index (Phi) is 2.45. The quantitative estimate of drug-likeness (QED) is 0.746. The van der Waals surface area contributed by atoms with E-state index in [2.05, 4.69) is 16.4 Å². The fourth-order valence-corrected chi connectivity index (χ4v) is 1.51. The highest BCUT2D eigenvalue weighted by atomic mass is 16.5. The molecule has 3 nitrogen and oxygen atoms in total. The van der Waals surface area contributed by atoms with E-state index in [1.54, 1.807) is 0 Å². The molecule has 0 aromatic carbocycles. The average molecular weight is 178 g/mol. The van der Waals surface area contributed by atoms with E-state index in [0.29, 0.717) is 6.04 Å². The number of hydrogen-bond acceptors (Lipinski definition) is 3. The van der Waals surface area contributed by atoms with Crippen molar-refractivity contribution in [1.29, 1.82) is 0 Å². The molecule has 1 aromatic rings. The molecule has 70 valence electrons. The van der Waals surface area contributed by atoms with Crippen molar-refractivity contribution in [2.24, 2.45) is 0 Å². The predicted octanol–water partition coefficient (Wildman–Crippen LogP) is 1.59. The van der Waals surface area contributed by atoms with Gasteiger partial charge in [-0.25, -0.2) is 0 Å². The SMILES string of the molecule is Cc1ncccc1NC1CCOC1. The molecular formula is C10H14N2O. The molecule has 1 unspecified atom stereocenters. The molecule has 1 aromatic heterocycles. The third-order valence-electron chi connectivity index (χ3n) is 2.30. The third-order valence-corrected chi connectivity index (χ3v) is 2.30. The summed E-state index contributed by atoms with van der Waals surface area (Å²) in [7, 11) is 0. The minimum Gasteiger partial charge on any atom is -0.379 e. The number of nitrogens with zero attached hydrogens (tertiary/aromatic N) is 1. The first-order valence-corrected chi connectivity index (χ1v) is 4.62. The number of rotatable bonds is 2. The first-order chi connectivity index (χ1) is 6.36. The molecule has 0 aliphatic carbocycles. The average Bonchev–Trinajstić information content (AvgIpc) is 2.61. The number of pyridine rings is 1. The topological polar surface area (TPSA) is 34.2 Å². The zero-order valence-corrected chi connectivity index (χ0v) is 7.79. The van der Waals surface area contributed by atoms with E-state index in [-0.39, 0.29) is 0 Å². The van der Waals surface area contributed by atoms with Crippen LogP contribution in [0, 0.1) is 6.92 Å². The van der Waals surface area contributed by atoms with Crippen LogP contribution < -0.4 is 5.32 Å². The minimum absolute atomic E-state index is 0.461. The van der Waals surface area contributed by atoms with Gasteiger partial charge in [0, 0.05) is 12.8 Å². The fraction of sp³-hybridized carbons (Fsp3) is 0.500. The van der Waals surface area contributed by atoms with Crippen molar-refractivity contribution >= 4 is 5.69 Å². The van der Waals surface area contributed by atoms with Gasteiger partial charge in [0.15, 0.2) is 0 Å². The van der Waals surface area contributed by atoms with E-state index in [4.69, 9.17) is 4.74 Å². The number of aromatic nitrogens is 1. The van der Waals surface area contributed by atoms with Gasteiger partial charge >= 0.3 is 0 Å². The molecule has 1 saturated heterocycles. The summed E-state index contributed by atoms with van der Waals surface area (Å²) in [5.74, 6) is 0. The monoisotopic (exact) mass is 178 g/mol. The van der Waals surface area contributed by atoms with Gasteiger partial charge in [0.1, 0.15) is 0 Å². The fourth-order valence-electron chi connectivity index (χ4n) is 1.51. The molecule has 0 amide bonds. The van der Waals surface area contributed by atoms with Crippen LogP contribution in [0.2, 0.25) is 0 Å². The maximum atomic E-state index is 5.29. The molecule has 0 saturated carbocycles. The second kappa shape index (κ2) is 3.75. The Morgan fingerprint density at radius 2 is 2.54 bits per heavy atom. The lowest BCUT2D eigenvalue weighted by Crippen LogP contribution is -2.19. The first kappa shape index (κ1) is 8.51. The highest BCUT2D eigenvalue weighted by Gasteiger charge is 2.15. The summed E-state index contributed by atoms with van der Waals surface area (Å²) in [5.41, 5.74) is 2.17. The van der Waals surface area contributed by atoms with E-state index in [0.717, 1.165) is 31.0 Å². The van der Waals surface area contributed by atoms with Crippen molar-refractivity contribution in [3.8, 4) is 0 Å². The van der Waals surface area contributed by atoms with Gasteiger partial charge in [-0.05, 0) is 25.5 Å². The Bertz CT molecular complexity index is 282. The molecule has 2 rings (SSSR count). The van der Waals surface area contributed by atoms with Gasteiger partial charge in [0.2, 0.25) is 0 Å². The Balaban J connectivity index is 2.04. The normalized spacial score (nSPS) is 21.8. The van der Waals surface area contributed by atoms with Crippen molar-refractivity contribution in [2.75, 3.05) is 18.5 Å². The summed E-state index contributed by atoms with van der Waals surface area (Å²) < 4.78 is 5.29. The molecule has 1 N–H and O–H groups in total. The second-order valence-corrected chi connectivity index (χ2v) is 3.34. The Hall–Kier alpha value is -1.09. The van der Waals surface area contributed by atoms with Crippen molar-refractivity contribution in [2.45, 2.75) is 19.4 Å². The van der Waals surface area contributed by atoms with Gasteiger partial charge in [0.05, 0.1) is 24.0 Å². The Morgan fingerprint density at radius 3 is 3.23 bits per heavy atom. The van der Waals surface area contributed by atoms with E-state index in [9.17, 15) is 0 Å². The Morgan fingerprint density at radius 1 is 1.62 bits per heavy atom. The van der Waals surface area contributed by atoms with Crippen LogP contribution in [-0.2, 0) is 4.74 Å². The number of anilines is 1. The van der Waals surface area contributed by atoms with Crippen LogP contribution in [0.3, 0.4) is 0 Å². The molecule has 1 atom stereocenters. The molecule has 0 spiro atoms. The van der Waals surface area contributed by atoms with Crippen molar-refractivity contribution in [1.82, 2.24) is 4.98 Å². The number of nitrogens with one attached hydrogen (secondary N) is 1. The maximum Gasteiger partial charge on any atom is 0.0668 e. The molecule has 2 heterocycles. The molecule has 0 bridgehead atoms. The van der Waals surface area contributed by atoms with Crippen molar-refractivity contribution < 1.29 is 4.74 Å². The number of ether oxygens (including phenoxy) is 1. The minimum atomic E-state index is 0.461. The maximum absolute atomic E-state index is 5.29. The first-order valence-electron chi connectivity index (χ1n) is 4.62. The summed E-state index contributed by atoms with van der Waals surface area (Å²) in [5, 5.41) is 3.42. The molecule has 1 fully saturated rings. The lowest BCUT2D eigenvalue weighted by atomic mass is 10.2. The Labute approximate surface area is 78.1 Å². The van der Waals surface area contributed by atoms with Crippen LogP contribution in [0.15, 0.2) is 18.3 Å². The molecule has 13 heavy (non-hydrogen) atoms. The largest absolute Gasteiger partial charge is 0.379 e. The van der Waals surface area contributed by atoms with Gasteiger partial charge < -0.3 is 10.1 Å². The summed E-state index contributed by atoms with van der Waals surface area (Å²) in [6.45, 7) is 3.70. The summed E-state index contributed by atoms with van der Waals surface area (Å²) in [4.78, 5) is 4.22. The third kappa shape index (κ3) is 1.98. The van der Waals surface area contributed by atoms with Gasteiger partial charge in [-0.2, -0.15) is 0 Å². The predicted molar refractivity (Wildman–Crippen MR) is 51.8 cm³/mol. The highest BCUT2D eigenvalue weighted by molar-refractivity contribution is 5.47. The smallest absolute Gasteiger partial charge is 0.0668 e. The van der Waals surface area contributed by atoms with Crippen LogP contribution in [0.25, 0.3) is 0 Å². The molecule has 1 aliphatic rings. The summed E-state index contributed by atoms with van der Waals surface area (Å²) in [6, 6.07) is 4.47. The zero-order chi connectivity index (χ0) is 9.10. The lowest BCUT2D eigenvalue weighted by molar-refractivity contribution is 0.195. The van der Waals surface area contributed by atoms with Crippen molar-refractivity contribution in [3.05, 3.63) is 24.0 Å². The molecule has 0 radical (unpaired) electrons. The van der Waals surface area contributed by atoms with E-state index in [1.807, 2.05) is 19.2 Å². The van der Waals surface area contributed by atoms with E-state index in [1.165, 1.54) is 0 Å². The van der Waals surface area contributed by atoms with Crippen LogP contribution >= 0.6 is 0 Å². The van der Waals surface area contributed by atoms with Crippen LogP contribution in [-0.4, -0.2) is 24.2 Å². The van der Waals surface area contributed by atoms with Gasteiger partial charge in [-0.1, -0.05) is 0 Å². The van der Waals surface area contributed by atoms with Crippen LogP contribution in [0.5, 0.6) is 0 Å². The van der Waals surface area contributed by atoms with Crippen molar-refractivity contribution in [3.63, 3.8) is 0 Å². The van der Waals surface area contributed by atoms with E-state index < -0.39 is 0 Å². The molecule has 1 aliphatic heterocycles. The summed E-state index contributed by atoms with van der Waals surface area (Å²) in [6.07, 6.45) is 2.90. The molecule has 3 heteroatoms. The molecular weight excluding hydrogens is 164 g/mol. The van der Waals surface area contributed by atoms with Gasteiger partial charge in [0.25, 0.3) is 0 Å². The van der Waals surface area contributed by atoms with Crippen LogP contribution in [0.4, 0.5) is 5.69 Å². The lowest BCUT2D eigenvalue weighted by Gasteiger charge is -2.13.